The van der Waals surface area contributed by atoms with Gasteiger partial charge in [0.1, 0.15) is 9.57 Å². The number of thioether (sulfide) groups is 1. The Kier molecular flexibility index (Phi) is 2.45. The Hall–Kier alpha value is -0.620. The Labute approximate surface area is 72.3 Å². The Bertz CT molecular complexity index is 228. The van der Waals surface area contributed by atoms with E-state index in [0.29, 0.717) is 4.32 Å². The van der Waals surface area contributed by atoms with E-state index in [1.807, 2.05) is 0 Å². The molecule has 1 heterocycles. The number of carboxylic acid groups (broad SMARTS) is 1. The minimum Gasteiger partial charge on any atom is -0.481 e. The highest BCUT2D eigenvalue weighted by molar-refractivity contribution is 8.24. The van der Waals surface area contributed by atoms with Crippen LogP contribution >= 0.6 is 24.0 Å². The van der Waals surface area contributed by atoms with Gasteiger partial charge in [-0.1, -0.05) is 24.0 Å². The molecule has 2 N–H and O–H groups in total. The highest BCUT2D eigenvalue weighted by Crippen LogP contribution is 2.21. The van der Waals surface area contributed by atoms with Gasteiger partial charge in [0.2, 0.25) is 5.91 Å². The van der Waals surface area contributed by atoms with Gasteiger partial charge in [-0.2, -0.15) is 0 Å². The predicted octanol–water partition coefficient (Wildman–Crippen LogP) is -0.0224. The second kappa shape index (κ2) is 3.19. The first kappa shape index (κ1) is 8.48. The lowest BCUT2D eigenvalue weighted by Gasteiger charge is -1.97. The van der Waals surface area contributed by atoms with Crippen LogP contribution in [0.3, 0.4) is 0 Å². The molecule has 0 spiro atoms. The number of amides is 1. The third-order valence-electron chi connectivity index (χ3n) is 1.13. The van der Waals surface area contributed by atoms with E-state index in [4.69, 9.17) is 5.11 Å². The molecule has 0 radical (unpaired) electrons. The van der Waals surface area contributed by atoms with Gasteiger partial charge in [-0.15, -0.1) is 0 Å². The van der Waals surface area contributed by atoms with Crippen LogP contribution < -0.4 is 5.32 Å². The summed E-state index contributed by atoms with van der Waals surface area (Å²) in [6.07, 6.45) is -0.170. The van der Waals surface area contributed by atoms with Gasteiger partial charge in [0, 0.05) is 0 Å². The fourth-order valence-corrected chi connectivity index (χ4v) is 1.95. The number of rotatable bonds is 2. The summed E-state index contributed by atoms with van der Waals surface area (Å²) in [7, 11) is 0. The van der Waals surface area contributed by atoms with E-state index in [1.54, 1.807) is 0 Å². The molecule has 1 saturated heterocycles. The Morgan fingerprint density at radius 2 is 2.45 bits per heavy atom. The van der Waals surface area contributed by atoms with E-state index >= 15 is 0 Å². The second-order valence-corrected chi connectivity index (χ2v) is 3.86. The van der Waals surface area contributed by atoms with E-state index in [0.717, 1.165) is 11.8 Å². The summed E-state index contributed by atoms with van der Waals surface area (Å²) in [6, 6.07) is 0. The third-order valence-corrected chi connectivity index (χ3v) is 2.50. The number of nitrogens with one attached hydrogen (secondary N) is 1. The zero-order chi connectivity index (χ0) is 8.43. The average molecular weight is 191 g/mol. The van der Waals surface area contributed by atoms with Gasteiger partial charge in [0.25, 0.3) is 0 Å². The molecule has 0 saturated carbocycles. The average Bonchev–Trinajstić information content (AvgIpc) is 2.09. The van der Waals surface area contributed by atoms with Crippen LogP contribution in [-0.4, -0.2) is 26.6 Å². The van der Waals surface area contributed by atoms with Crippen LogP contribution in [0, 0.1) is 0 Å². The molecule has 60 valence electrons. The van der Waals surface area contributed by atoms with Crippen LogP contribution in [0.25, 0.3) is 0 Å². The van der Waals surface area contributed by atoms with E-state index in [1.165, 1.54) is 0 Å². The predicted molar refractivity (Wildman–Crippen MR) is 44.4 cm³/mol. The Morgan fingerprint density at radius 3 is 2.82 bits per heavy atom. The normalized spacial score (nSPS) is 23.5. The molecule has 0 aromatic carbocycles. The second-order valence-electron chi connectivity index (χ2n) is 1.98. The van der Waals surface area contributed by atoms with Gasteiger partial charge in [0.05, 0.1) is 6.42 Å². The molecule has 11 heavy (non-hydrogen) atoms. The van der Waals surface area contributed by atoms with Crippen molar-refractivity contribution in [2.45, 2.75) is 11.7 Å². The van der Waals surface area contributed by atoms with Crippen molar-refractivity contribution in [2.24, 2.45) is 0 Å². The largest absolute Gasteiger partial charge is 0.481 e. The summed E-state index contributed by atoms with van der Waals surface area (Å²) >= 11 is 5.76. The van der Waals surface area contributed by atoms with Crippen molar-refractivity contribution < 1.29 is 14.7 Å². The van der Waals surface area contributed by atoms with Gasteiger partial charge in [-0.3, -0.25) is 9.59 Å². The monoisotopic (exact) mass is 191 g/mol. The van der Waals surface area contributed by atoms with Gasteiger partial charge in [-0.05, 0) is 0 Å². The van der Waals surface area contributed by atoms with Gasteiger partial charge < -0.3 is 10.4 Å². The van der Waals surface area contributed by atoms with Crippen molar-refractivity contribution in [1.82, 2.24) is 5.32 Å². The van der Waals surface area contributed by atoms with Crippen molar-refractivity contribution >= 4 is 40.2 Å². The van der Waals surface area contributed by atoms with Crippen molar-refractivity contribution in [3.63, 3.8) is 0 Å². The zero-order valence-corrected chi connectivity index (χ0v) is 7.00. The molecule has 0 bridgehead atoms. The van der Waals surface area contributed by atoms with E-state index in [2.05, 4.69) is 17.5 Å². The molecular weight excluding hydrogens is 186 g/mol. The van der Waals surface area contributed by atoms with E-state index < -0.39 is 11.2 Å². The molecule has 1 atom stereocenters. The molecule has 1 rings (SSSR count). The number of carbonyl (C=O) groups is 2. The first-order valence-corrected chi connectivity index (χ1v) is 4.11. The molecule has 1 fully saturated rings. The minimum absolute atomic E-state index is 0.170. The number of carboxylic acids is 1. The number of aliphatic carboxylic acids is 1. The van der Waals surface area contributed by atoms with Crippen molar-refractivity contribution in [3.8, 4) is 0 Å². The minimum atomic E-state index is -0.984. The fourth-order valence-electron chi connectivity index (χ4n) is 0.686. The third kappa shape index (κ3) is 2.16. The lowest BCUT2D eigenvalue weighted by atomic mass is 10.3. The summed E-state index contributed by atoms with van der Waals surface area (Å²) in [5.74, 6) is -1.29. The van der Waals surface area contributed by atoms with Gasteiger partial charge >= 0.3 is 5.97 Å². The van der Waals surface area contributed by atoms with Crippen LogP contribution in [0.2, 0.25) is 0 Å². The summed E-state index contributed by atoms with van der Waals surface area (Å²) in [5, 5.41) is 10.2. The first-order chi connectivity index (χ1) is 5.09. The lowest BCUT2D eigenvalue weighted by molar-refractivity contribution is -0.138. The van der Waals surface area contributed by atoms with Crippen LogP contribution in [0.5, 0.6) is 0 Å². The van der Waals surface area contributed by atoms with Gasteiger partial charge in [-0.25, -0.2) is 0 Å². The summed E-state index contributed by atoms with van der Waals surface area (Å²) in [4.78, 5) is 21.0. The number of thiocarbonyl (C=S) groups is 1. The van der Waals surface area contributed by atoms with Crippen LogP contribution in [-0.2, 0) is 9.59 Å². The molecule has 0 aromatic heterocycles. The summed E-state index contributed by atoms with van der Waals surface area (Å²) in [5.41, 5.74) is 0. The maximum atomic E-state index is 10.8. The molecule has 1 aliphatic heterocycles. The van der Waals surface area contributed by atoms with Crippen LogP contribution in [0.1, 0.15) is 6.42 Å². The molecule has 1 aliphatic rings. The zero-order valence-electron chi connectivity index (χ0n) is 5.36. The molecular formula is C5H5NO3S2. The van der Waals surface area contributed by atoms with E-state index in [9.17, 15) is 9.59 Å². The van der Waals surface area contributed by atoms with Crippen molar-refractivity contribution in [1.29, 1.82) is 0 Å². The van der Waals surface area contributed by atoms with Crippen LogP contribution in [0.15, 0.2) is 0 Å². The Morgan fingerprint density at radius 1 is 1.82 bits per heavy atom. The lowest BCUT2D eigenvalue weighted by Crippen LogP contribution is -2.25. The van der Waals surface area contributed by atoms with Crippen LogP contribution in [0.4, 0.5) is 0 Å². The topological polar surface area (TPSA) is 66.4 Å². The van der Waals surface area contributed by atoms with Crippen molar-refractivity contribution in [3.05, 3.63) is 0 Å². The molecule has 0 aliphatic carbocycles. The maximum absolute atomic E-state index is 10.8. The quantitative estimate of drug-likeness (QED) is 0.600. The smallest absolute Gasteiger partial charge is 0.305 e. The molecule has 4 nitrogen and oxygen atoms in total. The van der Waals surface area contributed by atoms with E-state index in [-0.39, 0.29) is 12.3 Å². The first-order valence-electron chi connectivity index (χ1n) is 2.83. The number of carbonyl (C=O) groups excluding carboxylic acids is 1. The highest BCUT2D eigenvalue weighted by Gasteiger charge is 2.30. The summed E-state index contributed by atoms with van der Waals surface area (Å²) in [6.45, 7) is 0. The fraction of sp³-hybridized carbons (Fsp3) is 0.400. The highest BCUT2D eigenvalue weighted by atomic mass is 32.2. The standard InChI is InChI=1S/C5H5NO3S2/c7-3(8)1-2-4(9)6-5(10)11-2/h2H,1H2,(H,7,8)(H,6,9,10)/t2-/m0/s1. The Balaban J connectivity index is 2.53. The molecule has 1 amide bonds. The SMILES string of the molecule is O=C(O)C[C@@H]1SC(=S)NC1=O. The maximum Gasteiger partial charge on any atom is 0.305 e. The molecule has 6 heteroatoms. The summed E-state index contributed by atoms with van der Waals surface area (Å²) < 4.78 is 0.362. The number of hydrogen-bond acceptors (Lipinski definition) is 4. The number of hydrogen-bond donors (Lipinski definition) is 2. The molecule has 0 unspecified atom stereocenters. The van der Waals surface area contributed by atoms with Gasteiger partial charge in [0.15, 0.2) is 0 Å². The van der Waals surface area contributed by atoms with Crippen molar-refractivity contribution in [2.75, 3.05) is 0 Å². The molecule has 0 aromatic rings.